The summed E-state index contributed by atoms with van der Waals surface area (Å²) < 4.78 is 28.9. The number of hydrogen-bond donors (Lipinski definition) is 2. The molecule has 1 fully saturated rings. The fourth-order valence-electron chi connectivity index (χ4n) is 2.89. The SMILES string of the molecule is FC(F)(CC1CCCCN1)c1c[nH]c2ccccc12. The van der Waals surface area contributed by atoms with Crippen molar-refractivity contribution in [2.45, 2.75) is 37.6 Å². The van der Waals surface area contributed by atoms with Gasteiger partial charge in [-0.2, -0.15) is 0 Å². The van der Waals surface area contributed by atoms with Gasteiger partial charge in [-0.25, -0.2) is 8.78 Å². The van der Waals surface area contributed by atoms with Crippen molar-refractivity contribution in [3.8, 4) is 0 Å². The van der Waals surface area contributed by atoms with Gasteiger partial charge in [-0.3, -0.25) is 0 Å². The lowest BCUT2D eigenvalue weighted by Crippen LogP contribution is -2.37. The number of nitrogens with one attached hydrogen (secondary N) is 2. The Kier molecular flexibility index (Phi) is 3.27. The molecule has 0 aliphatic carbocycles. The second-order valence-corrected chi connectivity index (χ2v) is 5.30. The number of H-pyrrole nitrogens is 1. The number of rotatable bonds is 3. The van der Waals surface area contributed by atoms with Crippen LogP contribution in [0.4, 0.5) is 8.78 Å². The first-order chi connectivity index (χ1) is 9.17. The highest BCUT2D eigenvalue weighted by Crippen LogP contribution is 2.38. The Labute approximate surface area is 111 Å². The lowest BCUT2D eigenvalue weighted by Gasteiger charge is -2.27. The van der Waals surface area contributed by atoms with E-state index in [0.29, 0.717) is 5.39 Å². The van der Waals surface area contributed by atoms with Crippen LogP contribution in [-0.4, -0.2) is 17.6 Å². The average Bonchev–Trinajstić information content (AvgIpc) is 2.84. The largest absolute Gasteiger partial charge is 0.361 e. The van der Waals surface area contributed by atoms with Gasteiger partial charge >= 0.3 is 0 Å². The van der Waals surface area contributed by atoms with Gasteiger partial charge in [0.05, 0.1) is 0 Å². The molecule has 1 saturated heterocycles. The Morgan fingerprint density at radius 1 is 1.21 bits per heavy atom. The lowest BCUT2D eigenvalue weighted by molar-refractivity contribution is -0.0238. The number of alkyl halides is 2. The maximum Gasteiger partial charge on any atom is 0.276 e. The third-order valence-corrected chi connectivity index (χ3v) is 3.90. The van der Waals surface area contributed by atoms with Crippen LogP contribution in [0.2, 0.25) is 0 Å². The molecule has 1 aliphatic rings. The van der Waals surface area contributed by atoms with Crippen LogP contribution in [0.25, 0.3) is 10.9 Å². The summed E-state index contributed by atoms with van der Waals surface area (Å²) in [6.07, 6.45) is 4.32. The molecule has 0 spiro atoms. The Morgan fingerprint density at radius 2 is 2.05 bits per heavy atom. The summed E-state index contributed by atoms with van der Waals surface area (Å²) in [7, 11) is 0. The average molecular weight is 264 g/mol. The van der Waals surface area contributed by atoms with Gasteiger partial charge in [0.2, 0.25) is 0 Å². The van der Waals surface area contributed by atoms with Crippen molar-refractivity contribution >= 4 is 10.9 Å². The summed E-state index contributed by atoms with van der Waals surface area (Å²) >= 11 is 0. The molecule has 1 aliphatic heterocycles. The molecule has 2 aromatic rings. The Morgan fingerprint density at radius 3 is 2.84 bits per heavy atom. The molecule has 3 rings (SSSR count). The van der Waals surface area contributed by atoms with E-state index in [4.69, 9.17) is 0 Å². The van der Waals surface area contributed by atoms with E-state index in [-0.39, 0.29) is 18.0 Å². The third kappa shape index (κ3) is 2.50. The van der Waals surface area contributed by atoms with Crippen molar-refractivity contribution in [2.75, 3.05) is 6.54 Å². The van der Waals surface area contributed by atoms with Gasteiger partial charge in [0.25, 0.3) is 5.92 Å². The number of halogens is 2. The number of hydrogen-bond acceptors (Lipinski definition) is 1. The minimum atomic E-state index is -2.78. The fourth-order valence-corrected chi connectivity index (χ4v) is 2.89. The van der Waals surface area contributed by atoms with Crippen LogP contribution in [-0.2, 0) is 5.92 Å². The molecule has 1 aromatic carbocycles. The molecular formula is C15H18F2N2. The van der Waals surface area contributed by atoms with Gasteiger partial charge in [0, 0.05) is 35.1 Å². The van der Waals surface area contributed by atoms with E-state index in [1.165, 1.54) is 6.20 Å². The number of benzene rings is 1. The van der Waals surface area contributed by atoms with E-state index in [2.05, 4.69) is 10.3 Å². The van der Waals surface area contributed by atoms with Crippen molar-refractivity contribution in [3.05, 3.63) is 36.0 Å². The summed E-state index contributed by atoms with van der Waals surface area (Å²) in [4.78, 5) is 2.93. The Hall–Kier alpha value is -1.42. The van der Waals surface area contributed by atoms with Crippen molar-refractivity contribution < 1.29 is 8.78 Å². The number of fused-ring (bicyclic) bond motifs is 1. The summed E-state index contributed by atoms with van der Waals surface area (Å²) in [5.74, 6) is -2.78. The molecule has 0 amide bonds. The molecule has 2 nitrogen and oxygen atoms in total. The van der Waals surface area contributed by atoms with E-state index < -0.39 is 5.92 Å². The van der Waals surface area contributed by atoms with E-state index in [1.807, 2.05) is 12.1 Å². The highest BCUT2D eigenvalue weighted by atomic mass is 19.3. The molecule has 4 heteroatoms. The highest BCUT2D eigenvalue weighted by molar-refractivity contribution is 5.83. The monoisotopic (exact) mass is 264 g/mol. The Bertz CT molecular complexity index is 556. The zero-order valence-electron chi connectivity index (χ0n) is 10.8. The van der Waals surface area contributed by atoms with Crippen molar-refractivity contribution in [2.24, 2.45) is 0 Å². The topological polar surface area (TPSA) is 27.8 Å². The summed E-state index contributed by atoms with van der Waals surface area (Å²) in [6.45, 7) is 0.856. The zero-order chi connectivity index (χ0) is 13.3. The molecule has 2 N–H and O–H groups in total. The van der Waals surface area contributed by atoms with Gasteiger partial charge in [-0.1, -0.05) is 24.6 Å². The van der Waals surface area contributed by atoms with Crippen molar-refractivity contribution in [1.82, 2.24) is 10.3 Å². The summed E-state index contributed by atoms with van der Waals surface area (Å²) in [5, 5.41) is 3.82. The molecule has 1 atom stereocenters. The molecule has 19 heavy (non-hydrogen) atoms. The zero-order valence-corrected chi connectivity index (χ0v) is 10.8. The van der Waals surface area contributed by atoms with Crippen LogP contribution in [0.3, 0.4) is 0 Å². The normalized spacial score (nSPS) is 20.8. The fraction of sp³-hybridized carbons (Fsp3) is 0.467. The van der Waals surface area contributed by atoms with E-state index >= 15 is 0 Å². The molecule has 2 heterocycles. The molecule has 0 bridgehead atoms. The number of aromatic nitrogens is 1. The van der Waals surface area contributed by atoms with Gasteiger partial charge in [-0.05, 0) is 25.5 Å². The number of para-hydroxylation sites is 1. The molecule has 1 aromatic heterocycles. The van der Waals surface area contributed by atoms with Gasteiger partial charge in [0.1, 0.15) is 0 Å². The minimum Gasteiger partial charge on any atom is -0.361 e. The minimum absolute atomic E-state index is 0.0718. The molecular weight excluding hydrogens is 246 g/mol. The second kappa shape index (κ2) is 4.93. The molecule has 0 saturated carbocycles. The Balaban J connectivity index is 1.86. The number of piperidine rings is 1. The predicted octanol–water partition coefficient (Wildman–Crippen LogP) is 3.79. The molecule has 0 radical (unpaired) electrons. The number of aromatic amines is 1. The van der Waals surface area contributed by atoms with Crippen LogP contribution < -0.4 is 5.32 Å². The smallest absolute Gasteiger partial charge is 0.276 e. The summed E-state index contributed by atoms with van der Waals surface area (Å²) in [5.41, 5.74) is 0.893. The van der Waals surface area contributed by atoms with Gasteiger partial charge in [0.15, 0.2) is 0 Å². The van der Waals surface area contributed by atoms with Crippen LogP contribution in [0.1, 0.15) is 31.2 Å². The second-order valence-electron chi connectivity index (χ2n) is 5.30. The maximum absolute atomic E-state index is 14.4. The first-order valence-electron chi connectivity index (χ1n) is 6.84. The van der Waals surface area contributed by atoms with Crippen LogP contribution in [0.5, 0.6) is 0 Å². The van der Waals surface area contributed by atoms with Crippen molar-refractivity contribution in [3.63, 3.8) is 0 Å². The third-order valence-electron chi connectivity index (χ3n) is 3.90. The van der Waals surface area contributed by atoms with Crippen LogP contribution in [0, 0.1) is 0 Å². The van der Waals surface area contributed by atoms with Gasteiger partial charge < -0.3 is 10.3 Å². The first kappa shape index (κ1) is 12.6. The predicted molar refractivity (Wildman–Crippen MR) is 72.5 cm³/mol. The maximum atomic E-state index is 14.4. The van der Waals surface area contributed by atoms with E-state index in [0.717, 1.165) is 31.3 Å². The standard InChI is InChI=1S/C15H18F2N2/c16-15(17,9-11-5-3-4-8-18-11)13-10-19-14-7-2-1-6-12(13)14/h1-2,6-7,10-11,18-19H,3-5,8-9H2. The highest BCUT2D eigenvalue weighted by Gasteiger charge is 2.37. The van der Waals surface area contributed by atoms with Crippen LogP contribution in [0.15, 0.2) is 30.5 Å². The van der Waals surface area contributed by atoms with E-state index in [1.54, 1.807) is 12.1 Å². The van der Waals surface area contributed by atoms with Crippen LogP contribution >= 0.6 is 0 Å². The summed E-state index contributed by atoms with van der Waals surface area (Å²) in [6, 6.07) is 7.16. The molecule has 102 valence electrons. The molecule has 1 unspecified atom stereocenters. The van der Waals surface area contributed by atoms with E-state index in [9.17, 15) is 8.78 Å². The first-order valence-corrected chi connectivity index (χ1v) is 6.84. The van der Waals surface area contributed by atoms with Crippen molar-refractivity contribution in [1.29, 1.82) is 0 Å². The lowest BCUT2D eigenvalue weighted by atomic mass is 9.95. The quantitative estimate of drug-likeness (QED) is 0.867. The van der Waals surface area contributed by atoms with Gasteiger partial charge in [-0.15, -0.1) is 0 Å².